The van der Waals surface area contributed by atoms with Gasteiger partial charge in [0.05, 0.1) is 18.6 Å². The van der Waals surface area contributed by atoms with Crippen LogP contribution in [0.2, 0.25) is 0 Å². The van der Waals surface area contributed by atoms with Crippen LogP contribution in [-0.4, -0.2) is 40.3 Å². The number of fused-ring (bicyclic) bond motifs is 2. The Bertz CT molecular complexity index is 1280. The third kappa shape index (κ3) is 4.26. The molecule has 162 valence electrons. The van der Waals surface area contributed by atoms with Gasteiger partial charge in [0, 0.05) is 13.1 Å². The number of amides is 1. The molecular weight excluding hydrogens is 442 g/mol. The first-order chi connectivity index (χ1) is 15.7. The molecule has 1 amide bonds. The van der Waals surface area contributed by atoms with Crippen LogP contribution < -0.4 is 15.0 Å². The smallest absolute Gasteiger partial charge is 0.234 e. The molecular formula is C23H21N5O2S2. The van der Waals surface area contributed by atoms with Gasteiger partial charge in [0.25, 0.3) is 0 Å². The molecule has 0 fully saturated rings. The van der Waals surface area contributed by atoms with Crippen molar-refractivity contribution in [2.45, 2.75) is 18.0 Å². The third-order valence-corrected chi connectivity index (χ3v) is 7.50. The number of para-hydroxylation sites is 2. The maximum Gasteiger partial charge on any atom is 0.234 e. The van der Waals surface area contributed by atoms with E-state index in [1.807, 2.05) is 24.3 Å². The second-order valence-electron chi connectivity index (χ2n) is 7.31. The van der Waals surface area contributed by atoms with Crippen LogP contribution in [0.15, 0.2) is 59.9 Å². The first kappa shape index (κ1) is 20.7. The Morgan fingerprint density at radius 1 is 1.16 bits per heavy atom. The Hall–Kier alpha value is -3.17. The highest BCUT2D eigenvalue weighted by Gasteiger charge is 2.21. The highest BCUT2D eigenvalue weighted by Crippen LogP contribution is 2.35. The lowest BCUT2D eigenvalue weighted by atomic mass is 10.0. The summed E-state index contributed by atoms with van der Waals surface area (Å²) in [5, 5.41) is 4.61. The van der Waals surface area contributed by atoms with Crippen LogP contribution >= 0.6 is 23.1 Å². The predicted octanol–water partition coefficient (Wildman–Crippen LogP) is 4.39. The van der Waals surface area contributed by atoms with Gasteiger partial charge in [-0.2, -0.15) is 4.98 Å². The van der Waals surface area contributed by atoms with E-state index in [0.717, 1.165) is 34.4 Å². The van der Waals surface area contributed by atoms with E-state index in [2.05, 4.69) is 44.5 Å². The van der Waals surface area contributed by atoms with Gasteiger partial charge < -0.3 is 15.0 Å². The summed E-state index contributed by atoms with van der Waals surface area (Å²) in [7, 11) is 1.58. The number of thiazole rings is 1. The van der Waals surface area contributed by atoms with Gasteiger partial charge in [-0.05, 0) is 29.7 Å². The quantitative estimate of drug-likeness (QED) is 0.336. The van der Waals surface area contributed by atoms with Gasteiger partial charge in [0.2, 0.25) is 5.91 Å². The lowest BCUT2D eigenvalue weighted by Gasteiger charge is -2.28. The average Bonchev–Trinajstić information content (AvgIpc) is 3.28. The number of hydrogen-bond donors (Lipinski definition) is 1. The fraction of sp³-hybridized carbons (Fsp3) is 0.217. The van der Waals surface area contributed by atoms with Crippen molar-refractivity contribution in [3.63, 3.8) is 0 Å². The summed E-state index contributed by atoms with van der Waals surface area (Å²) in [6.07, 6.45) is 2.51. The molecule has 2 aromatic heterocycles. The van der Waals surface area contributed by atoms with Crippen molar-refractivity contribution in [3.8, 4) is 5.75 Å². The molecule has 2 aromatic carbocycles. The number of nitrogens with one attached hydrogen (secondary N) is 1. The van der Waals surface area contributed by atoms with E-state index in [1.54, 1.807) is 18.4 Å². The van der Waals surface area contributed by atoms with E-state index in [-0.39, 0.29) is 11.7 Å². The Labute approximate surface area is 193 Å². The van der Waals surface area contributed by atoms with E-state index in [9.17, 15) is 4.79 Å². The number of carbonyl (C=O) groups excluding carboxylic acids is 1. The van der Waals surface area contributed by atoms with Gasteiger partial charge in [-0.25, -0.2) is 9.97 Å². The van der Waals surface area contributed by atoms with E-state index >= 15 is 0 Å². The second-order valence-corrected chi connectivity index (χ2v) is 9.25. The highest BCUT2D eigenvalue weighted by atomic mass is 32.2. The number of benzene rings is 2. The summed E-state index contributed by atoms with van der Waals surface area (Å²) in [5.41, 5.74) is 4.07. The van der Waals surface area contributed by atoms with E-state index in [4.69, 9.17) is 9.72 Å². The number of aromatic nitrogens is 3. The standard InChI is InChI=1S/C23H21N5O2S2/c1-30-18-9-5-4-8-17(18)26-19(29)13-31-22-20-21(24-14-25-22)27-23(32-20)28-11-10-15-6-2-3-7-16(15)12-28/h2-9,14H,10-13H2,1H3,(H,26,29). The van der Waals surface area contributed by atoms with Crippen LogP contribution in [0.4, 0.5) is 10.8 Å². The molecule has 7 nitrogen and oxygen atoms in total. The molecule has 32 heavy (non-hydrogen) atoms. The summed E-state index contributed by atoms with van der Waals surface area (Å²) in [5.74, 6) is 0.739. The molecule has 3 heterocycles. The van der Waals surface area contributed by atoms with Gasteiger partial charge in [-0.3, -0.25) is 4.79 Å². The second kappa shape index (κ2) is 9.13. The maximum absolute atomic E-state index is 12.5. The number of ether oxygens (including phenoxy) is 1. The molecule has 1 aliphatic heterocycles. The first-order valence-electron chi connectivity index (χ1n) is 10.2. The van der Waals surface area contributed by atoms with E-state index in [1.165, 1.54) is 29.2 Å². The number of nitrogens with zero attached hydrogens (tertiary/aromatic N) is 4. The van der Waals surface area contributed by atoms with Crippen molar-refractivity contribution in [1.29, 1.82) is 0 Å². The van der Waals surface area contributed by atoms with Gasteiger partial charge in [0.1, 0.15) is 21.8 Å². The zero-order chi connectivity index (χ0) is 21.9. The predicted molar refractivity (Wildman–Crippen MR) is 129 cm³/mol. The third-order valence-electron chi connectivity index (χ3n) is 5.27. The first-order valence-corrected chi connectivity index (χ1v) is 12.0. The topological polar surface area (TPSA) is 80.2 Å². The van der Waals surface area contributed by atoms with Crippen LogP contribution in [0.1, 0.15) is 11.1 Å². The van der Waals surface area contributed by atoms with Crippen molar-refractivity contribution in [2.24, 2.45) is 0 Å². The Balaban J connectivity index is 1.30. The Morgan fingerprint density at radius 3 is 2.84 bits per heavy atom. The normalized spacial score (nSPS) is 13.1. The number of anilines is 2. The summed E-state index contributed by atoms with van der Waals surface area (Å²) >= 11 is 2.97. The maximum atomic E-state index is 12.5. The number of methoxy groups -OCH3 is 1. The average molecular weight is 464 g/mol. The molecule has 0 aliphatic carbocycles. The summed E-state index contributed by atoms with van der Waals surface area (Å²) in [6.45, 7) is 1.77. The SMILES string of the molecule is COc1ccccc1NC(=O)CSc1ncnc2nc(N3CCc4ccccc4C3)sc12. The molecule has 0 saturated carbocycles. The molecule has 0 atom stereocenters. The highest BCUT2D eigenvalue weighted by molar-refractivity contribution is 8.00. The zero-order valence-electron chi connectivity index (χ0n) is 17.4. The van der Waals surface area contributed by atoms with Gasteiger partial charge >= 0.3 is 0 Å². The van der Waals surface area contributed by atoms with Crippen molar-refractivity contribution in [2.75, 3.05) is 29.6 Å². The van der Waals surface area contributed by atoms with Crippen LogP contribution in [0, 0.1) is 0 Å². The van der Waals surface area contributed by atoms with Crippen molar-refractivity contribution >= 4 is 50.2 Å². The largest absolute Gasteiger partial charge is 0.495 e. The fourth-order valence-electron chi connectivity index (χ4n) is 3.69. The van der Waals surface area contributed by atoms with Gasteiger partial charge in [-0.15, -0.1) is 0 Å². The molecule has 0 unspecified atom stereocenters. The molecule has 0 radical (unpaired) electrons. The number of hydrogen-bond acceptors (Lipinski definition) is 8. The molecule has 9 heteroatoms. The molecule has 1 N–H and O–H groups in total. The zero-order valence-corrected chi connectivity index (χ0v) is 19.1. The number of carbonyl (C=O) groups is 1. The van der Waals surface area contributed by atoms with Crippen LogP contribution in [0.3, 0.4) is 0 Å². The molecule has 4 aromatic rings. The monoisotopic (exact) mass is 463 g/mol. The lowest BCUT2D eigenvalue weighted by molar-refractivity contribution is -0.113. The minimum atomic E-state index is -0.122. The van der Waals surface area contributed by atoms with Crippen molar-refractivity contribution < 1.29 is 9.53 Å². The molecule has 0 spiro atoms. The van der Waals surface area contributed by atoms with Crippen molar-refractivity contribution in [1.82, 2.24) is 15.0 Å². The van der Waals surface area contributed by atoms with Crippen LogP contribution in [-0.2, 0) is 17.8 Å². The summed E-state index contributed by atoms with van der Waals surface area (Å²) in [4.78, 5) is 28.3. The molecule has 0 saturated heterocycles. The number of thioether (sulfide) groups is 1. The molecule has 1 aliphatic rings. The van der Waals surface area contributed by atoms with Crippen molar-refractivity contribution in [3.05, 3.63) is 66.0 Å². The fourth-order valence-corrected chi connectivity index (χ4v) is 5.60. The molecule has 0 bridgehead atoms. The Morgan fingerprint density at radius 2 is 1.97 bits per heavy atom. The summed E-state index contributed by atoms with van der Waals surface area (Å²) in [6, 6.07) is 15.9. The Kier molecular flexibility index (Phi) is 5.91. The van der Waals surface area contributed by atoms with Crippen LogP contribution in [0.25, 0.3) is 10.3 Å². The number of rotatable bonds is 6. The van der Waals surface area contributed by atoms with Gasteiger partial charge in [0.15, 0.2) is 10.8 Å². The van der Waals surface area contributed by atoms with E-state index < -0.39 is 0 Å². The van der Waals surface area contributed by atoms with Gasteiger partial charge in [-0.1, -0.05) is 59.5 Å². The lowest BCUT2D eigenvalue weighted by Crippen LogP contribution is -2.30. The summed E-state index contributed by atoms with van der Waals surface area (Å²) < 4.78 is 6.21. The minimum Gasteiger partial charge on any atom is -0.495 e. The molecule has 5 rings (SSSR count). The van der Waals surface area contributed by atoms with E-state index in [0.29, 0.717) is 17.1 Å². The van der Waals surface area contributed by atoms with Crippen LogP contribution in [0.5, 0.6) is 5.75 Å². The minimum absolute atomic E-state index is 0.122.